The van der Waals surface area contributed by atoms with Gasteiger partial charge < -0.3 is 20.3 Å². The third kappa shape index (κ3) is 8.21. The predicted octanol–water partition coefficient (Wildman–Crippen LogP) is 5.11. The zero-order valence-electron chi connectivity index (χ0n) is 20.1. The van der Waals surface area contributed by atoms with E-state index in [-0.39, 0.29) is 35.8 Å². The van der Waals surface area contributed by atoms with Crippen LogP contribution in [0.1, 0.15) is 44.7 Å². The van der Waals surface area contributed by atoms with Gasteiger partial charge in [-0.15, -0.1) is 24.0 Å². The summed E-state index contributed by atoms with van der Waals surface area (Å²) in [5, 5.41) is 6.90. The Labute approximate surface area is 215 Å². The van der Waals surface area contributed by atoms with E-state index in [2.05, 4.69) is 30.5 Å². The number of para-hydroxylation sites is 1. The summed E-state index contributed by atoms with van der Waals surface area (Å²) in [6.07, 6.45) is 1.85. The first-order valence-electron chi connectivity index (χ1n) is 11.6. The number of halogens is 1. The van der Waals surface area contributed by atoms with Crippen molar-refractivity contribution < 1.29 is 9.53 Å². The number of rotatable bonds is 7. The molecular weight excluding hydrogens is 527 g/mol. The van der Waals surface area contributed by atoms with E-state index < -0.39 is 0 Å². The molecule has 1 fully saturated rings. The van der Waals surface area contributed by atoms with Crippen molar-refractivity contribution in [3.63, 3.8) is 0 Å². The van der Waals surface area contributed by atoms with E-state index in [9.17, 15) is 4.79 Å². The van der Waals surface area contributed by atoms with Crippen LogP contribution in [0, 0.1) is 12.8 Å². The van der Waals surface area contributed by atoms with Gasteiger partial charge in [0.1, 0.15) is 11.5 Å². The van der Waals surface area contributed by atoms with Crippen molar-refractivity contribution in [3.8, 4) is 11.5 Å². The van der Waals surface area contributed by atoms with Crippen molar-refractivity contribution in [2.45, 2.75) is 53.1 Å². The van der Waals surface area contributed by atoms with Gasteiger partial charge in [-0.05, 0) is 50.5 Å². The van der Waals surface area contributed by atoms with Crippen LogP contribution < -0.4 is 15.4 Å². The van der Waals surface area contributed by atoms with Gasteiger partial charge in [0.2, 0.25) is 5.91 Å². The van der Waals surface area contributed by atoms with Gasteiger partial charge in [0.15, 0.2) is 5.96 Å². The van der Waals surface area contributed by atoms with Crippen molar-refractivity contribution in [1.29, 1.82) is 0 Å². The van der Waals surface area contributed by atoms with E-state index in [1.165, 1.54) is 0 Å². The number of likely N-dealkylation sites (tertiary alicyclic amines) is 1. The summed E-state index contributed by atoms with van der Waals surface area (Å²) < 4.78 is 6.14. The monoisotopic (exact) mass is 564 g/mol. The van der Waals surface area contributed by atoms with Gasteiger partial charge in [-0.3, -0.25) is 4.79 Å². The number of hydrogen-bond acceptors (Lipinski definition) is 3. The molecule has 2 aromatic carbocycles. The maximum absolute atomic E-state index is 12.2. The summed E-state index contributed by atoms with van der Waals surface area (Å²) >= 11 is 0. The zero-order valence-corrected chi connectivity index (χ0v) is 22.5. The maximum atomic E-state index is 12.2. The van der Waals surface area contributed by atoms with E-state index in [0.717, 1.165) is 61.1 Å². The third-order valence-corrected chi connectivity index (χ3v) is 5.58. The summed E-state index contributed by atoms with van der Waals surface area (Å²) in [5.74, 6) is 2.74. The van der Waals surface area contributed by atoms with Crippen molar-refractivity contribution in [3.05, 3.63) is 59.7 Å². The predicted molar refractivity (Wildman–Crippen MR) is 146 cm³/mol. The fourth-order valence-electron chi connectivity index (χ4n) is 3.83. The first-order chi connectivity index (χ1) is 15.5. The van der Waals surface area contributed by atoms with E-state index in [1.807, 2.05) is 61.2 Å². The van der Waals surface area contributed by atoms with Crippen LogP contribution in [0.15, 0.2) is 53.5 Å². The molecule has 33 heavy (non-hydrogen) atoms. The maximum Gasteiger partial charge on any atom is 0.225 e. The largest absolute Gasteiger partial charge is 0.457 e. The molecule has 3 rings (SSSR count). The van der Waals surface area contributed by atoms with Gasteiger partial charge in [-0.2, -0.15) is 0 Å². The van der Waals surface area contributed by atoms with Crippen molar-refractivity contribution in [1.82, 2.24) is 15.5 Å². The van der Waals surface area contributed by atoms with Crippen LogP contribution in [0.25, 0.3) is 0 Å². The quantitative estimate of drug-likeness (QED) is 0.279. The number of aryl methyl sites for hydroxylation is 1. The van der Waals surface area contributed by atoms with Crippen LogP contribution in [0.4, 0.5) is 0 Å². The molecule has 1 heterocycles. The lowest BCUT2D eigenvalue weighted by Crippen LogP contribution is -2.50. The van der Waals surface area contributed by atoms with Crippen molar-refractivity contribution in [2.75, 3.05) is 19.6 Å². The number of benzene rings is 2. The minimum absolute atomic E-state index is 0. The number of aliphatic imine (C=N–C) groups is 1. The summed E-state index contributed by atoms with van der Waals surface area (Å²) in [6.45, 7) is 10.9. The Morgan fingerprint density at radius 3 is 2.55 bits per heavy atom. The molecule has 0 unspecified atom stereocenters. The fraction of sp³-hybridized carbons (Fsp3) is 0.462. The third-order valence-electron chi connectivity index (χ3n) is 5.58. The molecule has 2 N–H and O–H groups in total. The van der Waals surface area contributed by atoms with Gasteiger partial charge >= 0.3 is 0 Å². The smallest absolute Gasteiger partial charge is 0.225 e. The highest BCUT2D eigenvalue weighted by Crippen LogP contribution is 2.26. The normalized spacial score (nSPS) is 14.6. The molecule has 0 atom stereocenters. The number of amides is 1. The molecule has 0 radical (unpaired) electrons. The Morgan fingerprint density at radius 2 is 1.88 bits per heavy atom. The lowest BCUT2D eigenvalue weighted by atomic mass is 10.0. The number of hydrogen-bond donors (Lipinski definition) is 2. The molecule has 1 amide bonds. The lowest BCUT2D eigenvalue weighted by Gasteiger charge is -2.34. The van der Waals surface area contributed by atoms with Crippen LogP contribution in [-0.4, -0.2) is 42.4 Å². The van der Waals surface area contributed by atoms with Crippen LogP contribution >= 0.6 is 24.0 Å². The van der Waals surface area contributed by atoms with Crippen molar-refractivity contribution in [2.24, 2.45) is 10.9 Å². The standard InChI is InChI=1S/C26H36N4O2.HI/c1-5-27-26(29-22-13-15-30(16-14-22)25(31)19(2)3)28-18-21-10-6-7-12-24(21)32-23-11-8-9-20(4)17-23;/h6-12,17,19,22H,5,13-16,18H2,1-4H3,(H2,27,28,29);1H. The molecular formula is C26H37IN4O2. The lowest BCUT2D eigenvalue weighted by molar-refractivity contribution is -0.135. The molecule has 0 aromatic heterocycles. The van der Waals surface area contributed by atoms with E-state index >= 15 is 0 Å². The SMILES string of the molecule is CCNC(=NCc1ccccc1Oc1cccc(C)c1)NC1CCN(C(=O)C(C)C)CC1.I. The molecule has 0 saturated carbocycles. The molecule has 6 nitrogen and oxygen atoms in total. The second-order valence-electron chi connectivity index (χ2n) is 8.62. The van der Waals surface area contributed by atoms with Crippen LogP contribution in [0.5, 0.6) is 11.5 Å². The van der Waals surface area contributed by atoms with Crippen molar-refractivity contribution >= 4 is 35.8 Å². The summed E-state index contributed by atoms with van der Waals surface area (Å²) in [4.78, 5) is 19.0. The second-order valence-corrected chi connectivity index (χ2v) is 8.62. The first kappa shape index (κ1) is 27.0. The van der Waals surface area contributed by atoms with Gasteiger partial charge in [-0.1, -0.05) is 44.2 Å². The number of nitrogens with zero attached hydrogens (tertiary/aromatic N) is 2. The Hall–Kier alpha value is -2.29. The Morgan fingerprint density at radius 1 is 1.15 bits per heavy atom. The number of carbonyl (C=O) groups excluding carboxylic acids is 1. The average molecular weight is 565 g/mol. The molecule has 180 valence electrons. The molecule has 0 aliphatic carbocycles. The van der Waals surface area contributed by atoms with Crippen LogP contribution in [-0.2, 0) is 11.3 Å². The van der Waals surface area contributed by atoms with Gasteiger partial charge in [-0.25, -0.2) is 4.99 Å². The summed E-state index contributed by atoms with van der Waals surface area (Å²) in [5.41, 5.74) is 2.20. The minimum atomic E-state index is 0. The number of piperidine rings is 1. The molecule has 1 aliphatic rings. The number of guanidine groups is 1. The zero-order chi connectivity index (χ0) is 22.9. The highest BCUT2D eigenvalue weighted by Gasteiger charge is 2.24. The Bertz CT molecular complexity index is 924. The topological polar surface area (TPSA) is 66.0 Å². The van der Waals surface area contributed by atoms with Gasteiger partial charge in [0.05, 0.1) is 6.54 Å². The molecule has 0 bridgehead atoms. The van der Waals surface area contributed by atoms with E-state index in [0.29, 0.717) is 12.6 Å². The number of ether oxygens (including phenoxy) is 1. The van der Waals surface area contributed by atoms with E-state index in [4.69, 9.17) is 9.73 Å². The summed E-state index contributed by atoms with van der Waals surface area (Å²) in [6, 6.07) is 16.4. The van der Waals surface area contributed by atoms with Crippen LogP contribution in [0.2, 0.25) is 0 Å². The highest BCUT2D eigenvalue weighted by atomic mass is 127. The average Bonchev–Trinajstić information content (AvgIpc) is 2.78. The fourth-order valence-corrected chi connectivity index (χ4v) is 3.83. The summed E-state index contributed by atoms with van der Waals surface area (Å²) in [7, 11) is 0. The second kappa shape index (κ2) is 13.4. The first-order valence-corrected chi connectivity index (χ1v) is 11.6. The van der Waals surface area contributed by atoms with Crippen LogP contribution in [0.3, 0.4) is 0 Å². The molecule has 1 aliphatic heterocycles. The molecule has 7 heteroatoms. The molecule has 1 saturated heterocycles. The molecule has 0 spiro atoms. The Balaban J connectivity index is 0.00000385. The Kier molecular flexibility index (Phi) is 11.0. The highest BCUT2D eigenvalue weighted by molar-refractivity contribution is 14.0. The van der Waals surface area contributed by atoms with Gasteiger partial charge in [0, 0.05) is 37.2 Å². The number of nitrogens with one attached hydrogen (secondary N) is 2. The number of carbonyl (C=O) groups is 1. The molecule has 2 aromatic rings. The van der Waals surface area contributed by atoms with Gasteiger partial charge in [0.25, 0.3) is 0 Å². The minimum Gasteiger partial charge on any atom is -0.457 e. The van der Waals surface area contributed by atoms with E-state index in [1.54, 1.807) is 0 Å².